The summed E-state index contributed by atoms with van der Waals surface area (Å²) in [4.78, 5) is 2.50. The van der Waals surface area contributed by atoms with Crippen LogP contribution in [0.2, 0.25) is 0 Å². The zero-order chi connectivity index (χ0) is 8.77. The van der Waals surface area contributed by atoms with Gasteiger partial charge < -0.3 is 4.90 Å². The van der Waals surface area contributed by atoms with Gasteiger partial charge in [-0.25, -0.2) is 0 Å². The minimum atomic E-state index is 0.640. The predicted molar refractivity (Wildman–Crippen MR) is 52.2 cm³/mol. The molecule has 0 aromatic carbocycles. The van der Waals surface area contributed by atoms with E-state index < -0.39 is 0 Å². The van der Waals surface area contributed by atoms with E-state index in [0.717, 1.165) is 11.8 Å². The lowest BCUT2D eigenvalue weighted by Crippen LogP contribution is -2.54. The Morgan fingerprint density at radius 1 is 1.42 bits per heavy atom. The molecule has 0 saturated heterocycles. The van der Waals surface area contributed by atoms with Crippen molar-refractivity contribution in [3.05, 3.63) is 0 Å². The van der Waals surface area contributed by atoms with E-state index in [1.165, 1.54) is 32.1 Å². The maximum atomic E-state index is 2.50. The molecule has 1 heteroatoms. The van der Waals surface area contributed by atoms with Gasteiger partial charge in [-0.1, -0.05) is 13.3 Å². The molecule has 0 amide bonds. The second-order valence-electron chi connectivity index (χ2n) is 4.95. The highest BCUT2D eigenvalue weighted by Gasteiger charge is 2.53. The summed E-state index contributed by atoms with van der Waals surface area (Å²) in [6.07, 6.45) is 7.33. The van der Waals surface area contributed by atoms with Gasteiger partial charge in [0.15, 0.2) is 0 Å². The van der Waals surface area contributed by atoms with Gasteiger partial charge in [0.1, 0.15) is 0 Å². The van der Waals surface area contributed by atoms with Gasteiger partial charge >= 0.3 is 0 Å². The molecule has 70 valence electrons. The molecule has 0 aromatic heterocycles. The highest BCUT2D eigenvalue weighted by atomic mass is 15.2. The lowest BCUT2D eigenvalue weighted by molar-refractivity contribution is 0.0127. The van der Waals surface area contributed by atoms with Crippen LogP contribution in [0.4, 0.5) is 0 Å². The Kier molecular flexibility index (Phi) is 1.95. The maximum absolute atomic E-state index is 2.50. The highest BCUT2D eigenvalue weighted by Crippen LogP contribution is 2.56. The number of hydrogen-bond acceptors (Lipinski definition) is 1. The van der Waals surface area contributed by atoms with E-state index in [1.807, 2.05) is 0 Å². The van der Waals surface area contributed by atoms with Crippen LogP contribution in [0.5, 0.6) is 0 Å². The van der Waals surface area contributed by atoms with Crippen LogP contribution in [-0.4, -0.2) is 24.5 Å². The van der Waals surface area contributed by atoms with Gasteiger partial charge in [-0.15, -0.1) is 0 Å². The van der Waals surface area contributed by atoms with Crippen molar-refractivity contribution in [2.45, 2.75) is 44.6 Å². The van der Waals surface area contributed by atoms with Gasteiger partial charge in [0, 0.05) is 5.54 Å². The SMILES string of the molecule is CC[C@H]1C[C@@H]2CCC2(N(C)C)C1. The van der Waals surface area contributed by atoms with E-state index >= 15 is 0 Å². The van der Waals surface area contributed by atoms with Crippen LogP contribution in [-0.2, 0) is 0 Å². The molecule has 0 radical (unpaired) electrons. The van der Waals surface area contributed by atoms with Gasteiger partial charge in [0.25, 0.3) is 0 Å². The first kappa shape index (κ1) is 8.55. The molecule has 1 unspecified atom stereocenters. The van der Waals surface area contributed by atoms with Crippen LogP contribution in [0.1, 0.15) is 39.0 Å². The van der Waals surface area contributed by atoms with E-state index in [9.17, 15) is 0 Å². The van der Waals surface area contributed by atoms with Gasteiger partial charge in [-0.05, 0) is 51.6 Å². The molecule has 3 atom stereocenters. The van der Waals surface area contributed by atoms with Crippen LogP contribution in [0.25, 0.3) is 0 Å². The normalized spacial score (nSPS) is 46.0. The van der Waals surface area contributed by atoms with E-state index in [2.05, 4.69) is 25.9 Å². The standard InChI is InChI=1S/C11H21N/c1-4-9-7-10-5-6-11(10,8-9)12(2)3/h9-10H,4-8H2,1-3H3/t9-,10-,11?/m0/s1. The van der Waals surface area contributed by atoms with Crippen molar-refractivity contribution in [2.75, 3.05) is 14.1 Å². The molecule has 12 heavy (non-hydrogen) atoms. The molecule has 0 bridgehead atoms. The van der Waals surface area contributed by atoms with Crippen molar-refractivity contribution in [1.29, 1.82) is 0 Å². The lowest BCUT2D eigenvalue weighted by atomic mass is 9.68. The summed E-state index contributed by atoms with van der Waals surface area (Å²) in [6.45, 7) is 2.35. The summed E-state index contributed by atoms with van der Waals surface area (Å²) in [6, 6.07) is 0. The van der Waals surface area contributed by atoms with Crippen molar-refractivity contribution in [2.24, 2.45) is 11.8 Å². The van der Waals surface area contributed by atoms with Crippen molar-refractivity contribution < 1.29 is 0 Å². The Morgan fingerprint density at radius 3 is 2.50 bits per heavy atom. The summed E-state index contributed by atoms with van der Waals surface area (Å²) in [7, 11) is 4.54. The molecule has 0 heterocycles. The predicted octanol–water partition coefficient (Wildman–Crippen LogP) is 2.52. The van der Waals surface area contributed by atoms with Gasteiger partial charge in [-0.3, -0.25) is 0 Å². The fourth-order valence-electron chi connectivity index (χ4n) is 3.36. The number of nitrogens with zero attached hydrogens (tertiary/aromatic N) is 1. The van der Waals surface area contributed by atoms with Gasteiger partial charge in [-0.2, -0.15) is 0 Å². The third-order valence-corrected chi connectivity index (χ3v) is 4.41. The summed E-state index contributed by atoms with van der Waals surface area (Å²) in [5.74, 6) is 2.07. The van der Waals surface area contributed by atoms with Crippen molar-refractivity contribution in [3.8, 4) is 0 Å². The largest absolute Gasteiger partial charge is 0.303 e. The molecule has 2 aliphatic carbocycles. The third kappa shape index (κ3) is 0.953. The molecule has 0 aromatic rings. The molecule has 0 N–H and O–H groups in total. The fourth-order valence-corrected chi connectivity index (χ4v) is 3.36. The monoisotopic (exact) mass is 167 g/mol. The number of hydrogen-bond donors (Lipinski definition) is 0. The molecular weight excluding hydrogens is 146 g/mol. The molecule has 0 aliphatic heterocycles. The van der Waals surface area contributed by atoms with Crippen LogP contribution >= 0.6 is 0 Å². The first-order valence-electron chi connectivity index (χ1n) is 5.36. The number of rotatable bonds is 2. The molecule has 2 rings (SSSR count). The van der Waals surface area contributed by atoms with Crippen LogP contribution < -0.4 is 0 Å². The third-order valence-electron chi connectivity index (χ3n) is 4.41. The summed E-state index contributed by atoms with van der Waals surface area (Å²) >= 11 is 0. The van der Waals surface area contributed by atoms with Crippen molar-refractivity contribution in [1.82, 2.24) is 4.90 Å². The summed E-state index contributed by atoms with van der Waals surface area (Å²) in [5.41, 5.74) is 0.640. The van der Waals surface area contributed by atoms with Crippen LogP contribution in [0, 0.1) is 11.8 Å². The summed E-state index contributed by atoms with van der Waals surface area (Å²) < 4.78 is 0. The number of fused-ring (bicyclic) bond motifs is 1. The maximum Gasteiger partial charge on any atom is 0.0234 e. The second kappa shape index (κ2) is 2.73. The molecule has 0 spiro atoms. The van der Waals surface area contributed by atoms with E-state index in [0.29, 0.717) is 5.54 Å². The van der Waals surface area contributed by atoms with Crippen LogP contribution in [0.15, 0.2) is 0 Å². The quantitative estimate of drug-likeness (QED) is 0.611. The topological polar surface area (TPSA) is 3.24 Å². The smallest absolute Gasteiger partial charge is 0.0234 e. The van der Waals surface area contributed by atoms with E-state index in [1.54, 1.807) is 0 Å². The molecule has 1 nitrogen and oxygen atoms in total. The minimum Gasteiger partial charge on any atom is -0.303 e. The zero-order valence-corrected chi connectivity index (χ0v) is 8.64. The van der Waals surface area contributed by atoms with Crippen molar-refractivity contribution in [3.63, 3.8) is 0 Å². The van der Waals surface area contributed by atoms with E-state index in [-0.39, 0.29) is 0 Å². The summed E-state index contributed by atoms with van der Waals surface area (Å²) in [5, 5.41) is 0. The molecular formula is C11H21N. The Balaban J connectivity index is 2.08. The Labute approximate surface area is 76.1 Å². The van der Waals surface area contributed by atoms with Crippen LogP contribution in [0.3, 0.4) is 0 Å². The average Bonchev–Trinajstić information content (AvgIpc) is 2.25. The molecule has 2 saturated carbocycles. The second-order valence-corrected chi connectivity index (χ2v) is 4.95. The van der Waals surface area contributed by atoms with Gasteiger partial charge in [0.05, 0.1) is 0 Å². The average molecular weight is 167 g/mol. The lowest BCUT2D eigenvalue weighted by Gasteiger charge is -2.50. The Bertz CT molecular complexity index is 176. The highest BCUT2D eigenvalue weighted by molar-refractivity contribution is 5.08. The van der Waals surface area contributed by atoms with Gasteiger partial charge in [0.2, 0.25) is 0 Å². The molecule has 2 fully saturated rings. The van der Waals surface area contributed by atoms with E-state index in [4.69, 9.17) is 0 Å². The minimum absolute atomic E-state index is 0.640. The first-order chi connectivity index (χ1) is 5.69. The fraction of sp³-hybridized carbons (Fsp3) is 1.00. The Hall–Kier alpha value is -0.0400. The van der Waals surface area contributed by atoms with Crippen molar-refractivity contribution >= 4 is 0 Å². The zero-order valence-electron chi connectivity index (χ0n) is 8.64. The Morgan fingerprint density at radius 2 is 2.17 bits per heavy atom. The first-order valence-corrected chi connectivity index (χ1v) is 5.36. The molecule has 2 aliphatic rings.